The van der Waals surface area contributed by atoms with Gasteiger partial charge in [-0.25, -0.2) is 13.2 Å². The van der Waals surface area contributed by atoms with Gasteiger partial charge in [0.1, 0.15) is 18.3 Å². The van der Waals surface area contributed by atoms with E-state index >= 15 is 0 Å². The smallest absolute Gasteiger partial charge is 0.314 e. The average Bonchev–Trinajstić information content (AvgIpc) is 2.92. The van der Waals surface area contributed by atoms with Gasteiger partial charge in [-0.05, 0) is 85.6 Å². The number of esters is 1. The van der Waals surface area contributed by atoms with Crippen LogP contribution in [0.15, 0.2) is 66.5 Å². The molecule has 3 nitrogen and oxygen atoms in total. The Labute approximate surface area is 213 Å². The SMILES string of the molecule is CCOc1ccc(-c2ccc(OC(=O)C3CCC(c4ccc(/C=C(\F)CF)cc4)CC3)cc2)c(F)c1F. The Morgan fingerprint density at radius 3 is 2.22 bits per heavy atom. The number of hydrogen-bond acceptors (Lipinski definition) is 3. The molecule has 1 aliphatic rings. The van der Waals surface area contributed by atoms with E-state index < -0.39 is 24.1 Å². The molecule has 1 fully saturated rings. The third-order valence-electron chi connectivity index (χ3n) is 6.65. The number of carbonyl (C=O) groups is 1. The van der Waals surface area contributed by atoms with Gasteiger partial charge in [-0.15, -0.1) is 0 Å². The zero-order valence-electron chi connectivity index (χ0n) is 20.5. The van der Waals surface area contributed by atoms with E-state index in [-0.39, 0.29) is 35.7 Å². The second kappa shape index (κ2) is 12.1. The van der Waals surface area contributed by atoms with Crippen LogP contribution >= 0.6 is 0 Å². The van der Waals surface area contributed by atoms with Crippen LogP contribution in [0.5, 0.6) is 11.5 Å². The first-order valence-electron chi connectivity index (χ1n) is 12.3. The lowest BCUT2D eigenvalue weighted by atomic mass is 9.78. The van der Waals surface area contributed by atoms with Crippen molar-refractivity contribution < 1.29 is 31.8 Å². The Balaban J connectivity index is 1.33. The number of alkyl halides is 1. The van der Waals surface area contributed by atoms with Crippen LogP contribution in [0, 0.1) is 17.6 Å². The van der Waals surface area contributed by atoms with Gasteiger partial charge in [0.05, 0.1) is 12.5 Å². The molecule has 0 radical (unpaired) electrons. The number of allylic oxidation sites excluding steroid dienone is 1. The van der Waals surface area contributed by atoms with E-state index in [1.807, 2.05) is 12.1 Å². The van der Waals surface area contributed by atoms with Gasteiger partial charge >= 0.3 is 5.97 Å². The summed E-state index contributed by atoms with van der Waals surface area (Å²) in [7, 11) is 0. The molecule has 7 heteroatoms. The minimum atomic E-state index is -1.12. The molecule has 0 spiro atoms. The number of benzene rings is 3. The van der Waals surface area contributed by atoms with Crippen molar-refractivity contribution >= 4 is 12.0 Å². The molecule has 37 heavy (non-hydrogen) atoms. The molecule has 3 aromatic rings. The van der Waals surface area contributed by atoms with Crippen LogP contribution < -0.4 is 9.47 Å². The Bertz CT molecular complexity index is 1250. The Morgan fingerprint density at radius 2 is 1.59 bits per heavy atom. The predicted octanol–water partition coefficient (Wildman–Crippen LogP) is 8.19. The van der Waals surface area contributed by atoms with Gasteiger partial charge in [0, 0.05) is 5.56 Å². The van der Waals surface area contributed by atoms with Crippen molar-refractivity contribution in [3.63, 3.8) is 0 Å². The summed E-state index contributed by atoms with van der Waals surface area (Å²) < 4.78 is 64.8. The lowest BCUT2D eigenvalue weighted by molar-refractivity contribution is -0.140. The van der Waals surface area contributed by atoms with E-state index in [1.54, 1.807) is 43.3 Å². The molecule has 194 valence electrons. The Morgan fingerprint density at radius 1 is 0.919 bits per heavy atom. The first-order chi connectivity index (χ1) is 17.9. The van der Waals surface area contributed by atoms with E-state index in [0.29, 0.717) is 29.7 Å². The van der Waals surface area contributed by atoms with Crippen molar-refractivity contribution in [3.05, 3.63) is 89.3 Å². The highest BCUT2D eigenvalue weighted by Crippen LogP contribution is 2.37. The lowest BCUT2D eigenvalue weighted by Gasteiger charge is -2.27. The molecule has 0 heterocycles. The van der Waals surface area contributed by atoms with Crippen LogP contribution in [-0.4, -0.2) is 19.3 Å². The topological polar surface area (TPSA) is 35.5 Å². The molecule has 1 saturated carbocycles. The minimum Gasteiger partial charge on any atom is -0.491 e. The summed E-state index contributed by atoms with van der Waals surface area (Å²) in [6.07, 6.45) is 4.16. The van der Waals surface area contributed by atoms with Crippen LogP contribution in [-0.2, 0) is 4.79 Å². The number of carbonyl (C=O) groups excluding carboxylic acids is 1. The van der Waals surface area contributed by atoms with Gasteiger partial charge in [-0.2, -0.15) is 4.39 Å². The van der Waals surface area contributed by atoms with Gasteiger partial charge in [-0.3, -0.25) is 4.79 Å². The molecular weight excluding hydrogens is 484 g/mol. The summed E-state index contributed by atoms with van der Waals surface area (Å²) in [5.41, 5.74) is 2.26. The van der Waals surface area contributed by atoms with Crippen molar-refractivity contribution in [2.75, 3.05) is 13.3 Å². The van der Waals surface area contributed by atoms with Crippen LogP contribution in [0.1, 0.15) is 49.7 Å². The molecule has 4 rings (SSSR count). The maximum atomic E-state index is 14.5. The predicted molar refractivity (Wildman–Crippen MR) is 135 cm³/mol. The zero-order chi connectivity index (χ0) is 26.4. The van der Waals surface area contributed by atoms with E-state index in [4.69, 9.17) is 9.47 Å². The second-order valence-electron chi connectivity index (χ2n) is 9.06. The number of rotatable bonds is 8. The normalized spacial score (nSPS) is 17.9. The van der Waals surface area contributed by atoms with Gasteiger partial charge < -0.3 is 9.47 Å². The van der Waals surface area contributed by atoms with Crippen LogP contribution in [0.2, 0.25) is 0 Å². The zero-order valence-corrected chi connectivity index (χ0v) is 20.5. The molecule has 0 bridgehead atoms. The highest BCUT2D eigenvalue weighted by Gasteiger charge is 2.28. The monoisotopic (exact) mass is 512 g/mol. The molecular formula is C30H28F4O3. The highest BCUT2D eigenvalue weighted by molar-refractivity contribution is 5.76. The van der Waals surface area contributed by atoms with Gasteiger partial charge in [0.15, 0.2) is 11.6 Å². The van der Waals surface area contributed by atoms with Crippen LogP contribution in [0.3, 0.4) is 0 Å². The molecule has 0 aliphatic heterocycles. The van der Waals surface area contributed by atoms with E-state index in [1.165, 1.54) is 18.2 Å². The van der Waals surface area contributed by atoms with E-state index in [0.717, 1.165) is 18.4 Å². The van der Waals surface area contributed by atoms with Crippen molar-refractivity contribution in [1.82, 2.24) is 0 Å². The first kappa shape index (κ1) is 26.5. The standard InChI is InChI=1S/C30H28F4O3/c1-2-36-27-16-15-26(28(33)29(27)34)22-11-13-25(14-12-22)37-30(35)23-9-7-21(8-10-23)20-5-3-19(4-6-20)17-24(32)18-31/h3-6,11-17,21,23H,2,7-10,18H2,1H3/b24-17-. The van der Waals surface area contributed by atoms with Gasteiger partial charge in [0.25, 0.3) is 0 Å². The summed E-state index contributed by atoms with van der Waals surface area (Å²) in [6.45, 7) is 0.802. The van der Waals surface area contributed by atoms with Crippen molar-refractivity contribution in [1.29, 1.82) is 0 Å². The third-order valence-corrected chi connectivity index (χ3v) is 6.65. The maximum absolute atomic E-state index is 14.5. The average molecular weight is 513 g/mol. The van der Waals surface area contributed by atoms with Gasteiger partial charge in [0.2, 0.25) is 5.82 Å². The summed E-state index contributed by atoms with van der Waals surface area (Å²) in [5, 5.41) is 0. The summed E-state index contributed by atoms with van der Waals surface area (Å²) >= 11 is 0. The fraction of sp³-hybridized carbons (Fsp3) is 0.300. The molecule has 0 aromatic heterocycles. The maximum Gasteiger partial charge on any atom is 0.314 e. The third kappa shape index (κ3) is 6.40. The second-order valence-corrected chi connectivity index (χ2v) is 9.06. The fourth-order valence-corrected chi connectivity index (χ4v) is 4.67. The van der Waals surface area contributed by atoms with Crippen molar-refractivity contribution in [2.24, 2.45) is 5.92 Å². The number of hydrogen-bond donors (Lipinski definition) is 0. The van der Waals surface area contributed by atoms with Crippen LogP contribution in [0.25, 0.3) is 17.2 Å². The lowest BCUT2D eigenvalue weighted by Crippen LogP contribution is -2.25. The van der Waals surface area contributed by atoms with E-state index in [9.17, 15) is 22.4 Å². The molecule has 0 unspecified atom stereocenters. The highest BCUT2D eigenvalue weighted by atomic mass is 19.2. The summed E-state index contributed by atoms with van der Waals surface area (Å²) in [5.74, 6) is -2.89. The van der Waals surface area contributed by atoms with Crippen molar-refractivity contribution in [2.45, 2.75) is 38.5 Å². The Kier molecular flexibility index (Phi) is 8.64. The quantitative estimate of drug-likeness (QED) is 0.173. The molecule has 3 aromatic carbocycles. The first-order valence-corrected chi connectivity index (χ1v) is 12.3. The number of ether oxygens (including phenoxy) is 2. The molecule has 0 N–H and O–H groups in total. The van der Waals surface area contributed by atoms with Crippen LogP contribution in [0.4, 0.5) is 17.6 Å². The van der Waals surface area contributed by atoms with Crippen molar-refractivity contribution in [3.8, 4) is 22.6 Å². The molecule has 0 amide bonds. The fourth-order valence-electron chi connectivity index (χ4n) is 4.67. The summed E-state index contributed by atoms with van der Waals surface area (Å²) in [4.78, 5) is 12.7. The Hall–Kier alpha value is -3.61. The summed E-state index contributed by atoms with van der Waals surface area (Å²) in [6, 6.07) is 16.5. The largest absolute Gasteiger partial charge is 0.491 e. The molecule has 0 saturated heterocycles. The minimum absolute atomic E-state index is 0.0914. The molecule has 1 aliphatic carbocycles. The molecule has 0 atom stereocenters. The van der Waals surface area contributed by atoms with Gasteiger partial charge in [-0.1, -0.05) is 36.4 Å². The van der Waals surface area contributed by atoms with E-state index in [2.05, 4.69) is 0 Å². The number of halogens is 4.